The molecule has 1 aromatic heterocycles. The second-order valence-corrected chi connectivity index (χ2v) is 5.15. The summed E-state index contributed by atoms with van der Waals surface area (Å²) in [5.74, 6) is 0.341. The van der Waals surface area contributed by atoms with Gasteiger partial charge in [-0.1, -0.05) is 41.0 Å². The van der Waals surface area contributed by atoms with E-state index in [0.29, 0.717) is 21.9 Å². The van der Waals surface area contributed by atoms with E-state index in [1.165, 1.54) is 12.1 Å². The third-order valence-corrected chi connectivity index (χ3v) is 3.67. The summed E-state index contributed by atoms with van der Waals surface area (Å²) in [6.07, 6.45) is 0. The Morgan fingerprint density at radius 3 is 2.67 bits per heavy atom. The molecule has 1 heterocycles. The summed E-state index contributed by atoms with van der Waals surface area (Å²) in [5.41, 5.74) is 8.75. The lowest BCUT2D eigenvalue weighted by Gasteiger charge is -2.05. The van der Waals surface area contributed by atoms with Gasteiger partial charge in [0.1, 0.15) is 5.82 Å². The molecule has 0 bridgehead atoms. The second-order valence-electron chi connectivity index (χ2n) is 4.75. The zero-order valence-corrected chi connectivity index (χ0v) is 12.0. The highest BCUT2D eigenvalue weighted by atomic mass is 35.5. The molecule has 2 aromatic carbocycles. The van der Waals surface area contributed by atoms with Crippen molar-refractivity contribution in [3.8, 4) is 22.5 Å². The Balaban J connectivity index is 2.19. The van der Waals surface area contributed by atoms with Crippen LogP contribution >= 0.6 is 11.6 Å². The molecule has 0 saturated carbocycles. The van der Waals surface area contributed by atoms with Gasteiger partial charge < -0.3 is 10.3 Å². The van der Waals surface area contributed by atoms with E-state index in [1.54, 1.807) is 18.2 Å². The maximum atomic E-state index is 13.4. The van der Waals surface area contributed by atoms with Gasteiger partial charge in [-0.2, -0.15) is 0 Å². The van der Waals surface area contributed by atoms with E-state index in [2.05, 4.69) is 5.16 Å². The second kappa shape index (κ2) is 5.22. The van der Waals surface area contributed by atoms with Gasteiger partial charge in [0, 0.05) is 10.6 Å². The predicted molar refractivity (Wildman–Crippen MR) is 81.5 cm³/mol. The largest absolute Gasteiger partial charge is 0.380 e. The molecule has 0 atom stereocenters. The van der Waals surface area contributed by atoms with E-state index in [4.69, 9.17) is 21.9 Å². The van der Waals surface area contributed by atoms with Crippen molar-refractivity contribution in [3.05, 3.63) is 58.9 Å². The van der Waals surface area contributed by atoms with Crippen LogP contribution in [-0.4, -0.2) is 5.16 Å². The highest BCUT2D eigenvalue weighted by Crippen LogP contribution is 2.37. The van der Waals surface area contributed by atoms with Crippen LogP contribution < -0.4 is 5.73 Å². The highest BCUT2D eigenvalue weighted by molar-refractivity contribution is 6.31. The van der Waals surface area contributed by atoms with Crippen molar-refractivity contribution in [3.63, 3.8) is 0 Å². The first-order valence-corrected chi connectivity index (χ1v) is 6.71. The third-order valence-electron chi connectivity index (χ3n) is 3.27. The minimum absolute atomic E-state index is 0.215. The number of nitrogens with zero attached hydrogens (tertiary/aromatic N) is 1. The Morgan fingerprint density at radius 1 is 1.14 bits per heavy atom. The first-order valence-electron chi connectivity index (χ1n) is 6.34. The number of hydrogen-bond donors (Lipinski definition) is 1. The van der Waals surface area contributed by atoms with Gasteiger partial charge in [-0.15, -0.1) is 0 Å². The fraction of sp³-hybridized carbons (Fsp3) is 0.0625. The topological polar surface area (TPSA) is 52.0 Å². The van der Waals surface area contributed by atoms with Crippen LogP contribution in [0.1, 0.15) is 5.56 Å². The molecule has 3 aromatic rings. The SMILES string of the molecule is Cc1ccc(-c2onc(N)c2-c2cccc(F)c2)cc1Cl. The van der Waals surface area contributed by atoms with Crippen LogP contribution in [0.5, 0.6) is 0 Å². The van der Waals surface area contributed by atoms with Crippen LogP contribution in [-0.2, 0) is 0 Å². The van der Waals surface area contributed by atoms with Gasteiger partial charge in [-0.05, 0) is 36.2 Å². The Bertz CT molecular complexity index is 814. The summed E-state index contributed by atoms with van der Waals surface area (Å²) >= 11 is 6.14. The summed E-state index contributed by atoms with van der Waals surface area (Å²) in [7, 11) is 0. The van der Waals surface area contributed by atoms with Gasteiger partial charge in [-0.3, -0.25) is 0 Å². The van der Waals surface area contributed by atoms with E-state index in [1.807, 2.05) is 19.1 Å². The number of aromatic nitrogens is 1. The van der Waals surface area contributed by atoms with Crippen molar-refractivity contribution >= 4 is 17.4 Å². The molecule has 5 heteroatoms. The lowest BCUT2D eigenvalue weighted by atomic mass is 10.0. The van der Waals surface area contributed by atoms with E-state index in [0.717, 1.165) is 11.1 Å². The van der Waals surface area contributed by atoms with Crippen LogP contribution in [0.4, 0.5) is 10.2 Å². The van der Waals surface area contributed by atoms with Crippen molar-refractivity contribution in [1.29, 1.82) is 0 Å². The summed E-state index contributed by atoms with van der Waals surface area (Å²) < 4.78 is 18.7. The zero-order valence-electron chi connectivity index (χ0n) is 11.2. The van der Waals surface area contributed by atoms with Crippen LogP contribution in [0, 0.1) is 12.7 Å². The van der Waals surface area contributed by atoms with Crippen LogP contribution in [0.15, 0.2) is 47.0 Å². The van der Waals surface area contributed by atoms with Gasteiger partial charge in [0.15, 0.2) is 11.6 Å². The molecule has 0 aliphatic rings. The molecule has 2 N–H and O–H groups in total. The van der Waals surface area contributed by atoms with Crippen molar-refractivity contribution in [2.75, 3.05) is 5.73 Å². The number of hydrogen-bond acceptors (Lipinski definition) is 3. The van der Waals surface area contributed by atoms with Gasteiger partial charge in [-0.25, -0.2) is 4.39 Å². The number of nitrogens with two attached hydrogens (primary N) is 1. The molecular weight excluding hydrogens is 291 g/mol. The van der Waals surface area contributed by atoms with Crippen LogP contribution in [0.3, 0.4) is 0 Å². The average molecular weight is 303 g/mol. The Kier molecular flexibility index (Phi) is 3.39. The predicted octanol–water partition coefficient (Wildman–Crippen LogP) is 4.69. The number of halogens is 2. The Labute approximate surface area is 126 Å². The molecule has 0 saturated heterocycles. The molecule has 21 heavy (non-hydrogen) atoms. The Morgan fingerprint density at radius 2 is 1.95 bits per heavy atom. The minimum atomic E-state index is -0.346. The first kappa shape index (κ1) is 13.6. The number of rotatable bonds is 2. The average Bonchev–Trinajstić information content (AvgIpc) is 2.84. The molecule has 106 valence electrons. The summed E-state index contributed by atoms with van der Waals surface area (Å²) in [6, 6.07) is 11.7. The summed E-state index contributed by atoms with van der Waals surface area (Å²) in [4.78, 5) is 0. The number of aryl methyl sites for hydroxylation is 1. The van der Waals surface area contributed by atoms with Crippen molar-refractivity contribution in [2.24, 2.45) is 0 Å². The quantitative estimate of drug-likeness (QED) is 0.747. The van der Waals surface area contributed by atoms with E-state index >= 15 is 0 Å². The molecular formula is C16H12ClFN2O. The van der Waals surface area contributed by atoms with Crippen LogP contribution in [0.2, 0.25) is 5.02 Å². The number of anilines is 1. The van der Waals surface area contributed by atoms with Crippen molar-refractivity contribution in [2.45, 2.75) is 6.92 Å². The number of benzene rings is 2. The van der Waals surface area contributed by atoms with E-state index in [9.17, 15) is 4.39 Å². The molecule has 3 rings (SSSR count). The smallest absolute Gasteiger partial charge is 0.176 e. The molecule has 0 amide bonds. The molecule has 0 radical (unpaired) electrons. The molecule has 0 spiro atoms. The van der Waals surface area contributed by atoms with Gasteiger partial charge >= 0.3 is 0 Å². The molecule has 0 aliphatic heterocycles. The lowest BCUT2D eigenvalue weighted by Crippen LogP contribution is -1.89. The maximum Gasteiger partial charge on any atom is 0.176 e. The van der Waals surface area contributed by atoms with Crippen molar-refractivity contribution in [1.82, 2.24) is 5.16 Å². The van der Waals surface area contributed by atoms with E-state index in [-0.39, 0.29) is 11.6 Å². The molecule has 0 fully saturated rings. The van der Waals surface area contributed by atoms with Gasteiger partial charge in [0.25, 0.3) is 0 Å². The minimum Gasteiger partial charge on any atom is -0.380 e. The summed E-state index contributed by atoms with van der Waals surface area (Å²) in [5, 5.41) is 4.41. The fourth-order valence-electron chi connectivity index (χ4n) is 2.16. The van der Waals surface area contributed by atoms with Gasteiger partial charge in [0.2, 0.25) is 0 Å². The zero-order chi connectivity index (χ0) is 15.0. The fourth-order valence-corrected chi connectivity index (χ4v) is 2.34. The lowest BCUT2D eigenvalue weighted by molar-refractivity contribution is 0.436. The molecule has 3 nitrogen and oxygen atoms in total. The van der Waals surface area contributed by atoms with Crippen molar-refractivity contribution < 1.29 is 8.91 Å². The molecule has 0 aliphatic carbocycles. The Hall–Kier alpha value is -2.33. The first-order chi connectivity index (χ1) is 10.1. The standard InChI is InChI=1S/C16H12ClFN2O/c1-9-5-6-11(8-13(9)17)15-14(16(19)20-21-15)10-3-2-4-12(18)7-10/h2-8H,1H3,(H2,19,20). The van der Waals surface area contributed by atoms with Gasteiger partial charge in [0.05, 0.1) is 5.56 Å². The third kappa shape index (κ3) is 2.50. The number of nitrogen functional groups attached to an aromatic ring is 1. The normalized spacial score (nSPS) is 10.8. The van der Waals surface area contributed by atoms with E-state index < -0.39 is 0 Å². The highest BCUT2D eigenvalue weighted by Gasteiger charge is 2.18. The van der Waals surface area contributed by atoms with Crippen LogP contribution in [0.25, 0.3) is 22.5 Å². The maximum absolute atomic E-state index is 13.4. The summed E-state index contributed by atoms with van der Waals surface area (Å²) in [6.45, 7) is 1.91. The molecule has 0 unspecified atom stereocenters. The monoisotopic (exact) mass is 302 g/mol.